The summed E-state index contributed by atoms with van der Waals surface area (Å²) < 4.78 is 10.6. The minimum Gasteiger partial charge on any atom is -0.454 e. The monoisotopic (exact) mass is 425 g/mol. The topological polar surface area (TPSA) is 102 Å². The van der Waals surface area contributed by atoms with Gasteiger partial charge in [-0.15, -0.1) is 0 Å². The number of carbonyl (C=O) groups excluding carboxylic acids is 3. The molecule has 1 unspecified atom stereocenters. The third kappa shape index (κ3) is 5.21. The van der Waals surface area contributed by atoms with Gasteiger partial charge in [-0.2, -0.15) is 0 Å². The van der Waals surface area contributed by atoms with Gasteiger partial charge in [0.25, 0.3) is 0 Å². The van der Waals surface area contributed by atoms with Crippen molar-refractivity contribution in [3.63, 3.8) is 0 Å². The first-order valence-electron chi connectivity index (χ1n) is 10.0. The Balaban J connectivity index is 1.57. The fraction of sp³-hybridized carbons (Fsp3) is 0.348. The Morgan fingerprint density at radius 2 is 1.71 bits per heavy atom. The molecule has 0 aromatic heterocycles. The smallest absolute Gasteiger partial charge is 0.242 e. The first-order chi connectivity index (χ1) is 14.8. The second-order valence-corrected chi connectivity index (χ2v) is 7.60. The molecular formula is C23H27N3O5. The van der Waals surface area contributed by atoms with Crippen molar-refractivity contribution in [3.05, 3.63) is 59.7 Å². The highest BCUT2D eigenvalue weighted by molar-refractivity contribution is 6.02. The molecule has 8 heteroatoms. The lowest BCUT2D eigenvalue weighted by molar-refractivity contribution is -0.139. The van der Waals surface area contributed by atoms with Crippen molar-refractivity contribution >= 4 is 17.6 Å². The van der Waals surface area contributed by atoms with E-state index in [1.807, 2.05) is 30.3 Å². The van der Waals surface area contributed by atoms with Gasteiger partial charge in [0.15, 0.2) is 17.3 Å². The molecule has 2 N–H and O–H groups in total. The Kier molecular flexibility index (Phi) is 6.91. The van der Waals surface area contributed by atoms with Gasteiger partial charge in [0, 0.05) is 19.7 Å². The fourth-order valence-electron chi connectivity index (χ4n) is 3.31. The fourth-order valence-corrected chi connectivity index (χ4v) is 3.31. The summed E-state index contributed by atoms with van der Waals surface area (Å²) in [6.45, 7) is 1.60. The van der Waals surface area contributed by atoms with Gasteiger partial charge in [0.05, 0.1) is 18.6 Å². The molecule has 1 aliphatic heterocycles. The van der Waals surface area contributed by atoms with Gasteiger partial charge in [-0.3, -0.25) is 14.4 Å². The summed E-state index contributed by atoms with van der Waals surface area (Å²) in [4.78, 5) is 40.7. The highest BCUT2D eigenvalue weighted by Gasteiger charge is 2.27. The van der Waals surface area contributed by atoms with Gasteiger partial charge in [0.2, 0.25) is 18.6 Å². The molecule has 0 spiro atoms. The molecule has 0 radical (unpaired) electrons. The van der Waals surface area contributed by atoms with E-state index in [4.69, 9.17) is 15.2 Å². The number of nitrogens with two attached hydrogens (primary N) is 1. The number of rotatable bonds is 8. The lowest BCUT2D eigenvalue weighted by Gasteiger charge is -2.27. The van der Waals surface area contributed by atoms with E-state index in [2.05, 4.69) is 0 Å². The largest absolute Gasteiger partial charge is 0.454 e. The molecular weight excluding hydrogens is 398 g/mol. The molecule has 0 saturated carbocycles. The highest BCUT2D eigenvalue weighted by Crippen LogP contribution is 2.33. The second kappa shape index (κ2) is 9.61. The molecule has 1 heterocycles. The number of hydrogen-bond donors (Lipinski definition) is 1. The molecule has 31 heavy (non-hydrogen) atoms. The van der Waals surface area contributed by atoms with Crippen LogP contribution < -0.4 is 15.2 Å². The molecule has 0 bridgehead atoms. The minimum absolute atomic E-state index is 0.119. The van der Waals surface area contributed by atoms with Crippen molar-refractivity contribution in [1.82, 2.24) is 9.80 Å². The Hall–Kier alpha value is -3.39. The molecule has 164 valence electrons. The van der Waals surface area contributed by atoms with E-state index >= 15 is 0 Å². The van der Waals surface area contributed by atoms with E-state index < -0.39 is 12.1 Å². The molecule has 3 rings (SSSR count). The predicted molar refractivity (Wildman–Crippen MR) is 115 cm³/mol. The quantitative estimate of drug-likeness (QED) is 0.643. The maximum absolute atomic E-state index is 12.8. The van der Waals surface area contributed by atoms with Crippen LogP contribution in [0.15, 0.2) is 48.5 Å². The molecule has 0 aliphatic carbocycles. The number of fused-ring (bicyclic) bond motifs is 1. The van der Waals surface area contributed by atoms with Crippen LogP contribution in [0.2, 0.25) is 0 Å². The van der Waals surface area contributed by atoms with Crippen molar-refractivity contribution in [1.29, 1.82) is 0 Å². The van der Waals surface area contributed by atoms with E-state index in [9.17, 15) is 14.4 Å². The summed E-state index contributed by atoms with van der Waals surface area (Å²) in [5.41, 5.74) is 7.41. The van der Waals surface area contributed by atoms with Gasteiger partial charge < -0.3 is 25.0 Å². The van der Waals surface area contributed by atoms with Crippen LogP contribution in [0.3, 0.4) is 0 Å². The number of Topliss-reactive ketones (excluding diaryl/α,β-unsaturated/α-hetero) is 1. The van der Waals surface area contributed by atoms with Crippen molar-refractivity contribution < 1.29 is 23.9 Å². The van der Waals surface area contributed by atoms with E-state index in [0.29, 0.717) is 23.5 Å². The Morgan fingerprint density at radius 1 is 1.03 bits per heavy atom. The summed E-state index contributed by atoms with van der Waals surface area (Å²) in [6.07, 6.45) is 0.382. The van der Waals surface area contributed by atoms with E-state index in [-0.39, 0.29) is 30.9 Å². The first kappa shape index (κ1) is 22.3. The zero-order chi connectivity index (χ0) is 22.5. The van der Waals surface area contributed by atoms with Crippen LogP contribution in [0.5, 0.6) is 11.5 Å². The molecule has 2 aromatic rings. The summed E-state index contributed by atoms with van der Waals surface area (Å²) in [6, 6.07) is 12.9. The van der Waals surface area contributed by atoms with Crippen LogP contribution >= 0.6 is 0 Å². The maximum Gasteiger partial charge on any atom is 0.242 e. The Bertz CT molecular complexity index is 963. The van der Waals surface area contributed by atoms with E-state index in [0.717, 1.165) is 5.56 Å². The molecule has 2 aromatic carbocycles. The van der Waals surface area contributed by atoms with Crippen LogP contribution in [0.4, 0.5) is 0 Å². The van der Waals surface area contributed by atoms with Crippen LogP contribution in [-0.4, -0.2) is 66.9 Å². The van der Waals surface area contributed by atoms with Gasteiger partial charge in [-0.05, 0) is 37.1 Å². The third-order valence-corrected chi connectivity index (χ3v) is 5.38. The van der Waals surface area contributed by atoms with Crippen molar-refractivity contribution in [2.24, 2.45) is 5.73 Å². The van der Waals surface area contributed by atoms with E-state index in [1.165, 1.54) is 16.8 Å². The lowest BCUT2D eigenvalue weighted by atomic mass is 10.0. The molecule has 1 aliphatic rings. The van der Waals surface area contributed by atoms with Gasteiger partial charge in [0.1, 0.15) is 0 Å². The number of benzene rings is 2. The van der Waals surface area contributed by atoms with Crippen LogP contribution in [-0.2, 0) is 16.0 Å². The van der Waals surface area contributed by atoms with Crippen LogP contribution in [0.1, 0.15) is 22.8 Å². The SMILES string of the molecule is CC(C(=O)c1ccc2c(c1)OCO2)N(C)C(=O)CN(C)C(=O)[C@@H](N)Cc1ccccc1. The molecule has 8 nitrogen and oxygen atoms in total. The predicted octanol–water partition coefficient (Wildman–Crippen LogP) is 1.47. The zero-order valence-electron chi connectivity index (χ0n) is 17.9. The summed E-state index contributed by atoms with van der Waals surface area (Å²) >= 11 is 0. The number of likely N-dealkylation sites (N-methyl/N-ethyl adjacent to an activating group) is 2. The van der Waals surface area contributed by atoms with Crippen molar-refractivity contribution in [2.75, 3.05) is 27.4 Å². The standard InChI is InChI=1S/C23H27N3O5/c1-15(22(28)17-9-10-19-20(12-17)31-14-30-19)26(3)21(27)13-25(2)23(29)18(24)11-16-7-5-4-6-8-16/h4-10,12,15,18H,11,13-14,24H2,1-3H3/t15?,18-/m0/s1. The number of carbonyl (C=O) groups is 3. The van der Waals surface area contributed by atoms with Crippen LogP contribution in [0, 0.1) is 0 Å². The average Bonchev–Trinajstić information content (AvgIpc) is 3.25. The number of nitrogens with zero attached hydrogens (tertiary/aromatic N) is 2. The number of ether oxygens (including phenoxy) is 2. The second-order valence-electron chi connectivity index (χ2n) is 7.60. The van der Waals surface area contributed by atoms with Gasteiger partial charge in [-0.1, -0.05) is 30.3 Å². The molecule has 0 fully saturated rings. The Morgan fingerprint density at radius 3 is 2.42 bits per heavy atom. The molecule has 2 amide bonds. The van der Waals surface area contributed by atoms with Crippen molar-refractivity contribution in [3.8, 4) is 11.5 Å². The number of amides is 2. The third-order valence-electron chi connectivity index (χ3n) is 5.38. The normalized spacial score (nSPS) is 13.9. The van der Waals surface area contributed by atoms with Crippen molar-refractivity contribution in [2.45, 2.75) is 25.4 Å². The number of hydrogen-bond acceptors (Lipinski definition) is 6. The average molecular weight is 425 g/mol. The maximum atomic E-state index is 12.8. The van der Waals surface area contributed by atoms with Crippen LogP contribution in [0.25, 0.3) is 0 Å². The summed E-state index contributed by atoms with van der Waals surface area (Å²) in [7, 11) is 3.07. The molecule has 2 atom stereocenters. The molecule has 0 saturated heterocycles. The lowest BCUT2D eigenvalue weighted by Crippen LogP contribution is -2.49. The summed E-state index contributed by atoms with van der Waals surface area (Å²) in [5, 5.41) is 0. The Labute approximate surface area is 181 Å². The number of ketones is 1. The van der Waals surface area contributed by atoms with E-state index in [1.54, 1.807) is 32.2 Å². The minimum atomic E-state index is -0.752. The zero-order valence-corrected chi connectivity index (χ0v) is 17.9. The first-order valence-corrected chi connectivity index (χ1v) is 10.0. The van der Waals surface area contributed by atoms with Gasteiger partial charge >= 0.3 is 0 Å². The highest BCUT2D eigenvalue weighted by atomic mass is 16.7. The summed E-state index contributed by atoms with van der Waals surface area (Å²) in [5.74, 6) is 0.166. The van der Waals surface area contributed by atoms with Gasteiger partial charge in [-0.25, -0.2) is 0 Å².